The average Bonchev–Trinajstić information content (AvgIpc) is 3.84. The Morgan fingerprint density at radius 1 is 0.611 bits per heavy atom. The van der Waals surface area contributed by atoms with Crippen LogP contribution in [0.3, 0.4) is 0 Å². The van der Waals surface area contributed by atoms with Crippen molar-refractivity contribution < 1.29 is 0 Å². The number of benzene rings is 6. The van der Waals surface area contributed by atoms with Crippen LogP contribution < -0.4 is 4.90 Å². The summed E-state index contributed by atoms with van der Waals surface area (Å²) in [5.41, 5.74) is 18.2. The highest BCUT2D eigenvalue weighted by Gasteiger charge is 2.37. The second-order valence-electron chi connectivity index (χ2n) is 15.5. The van der Waals surface area contributed by atoms with Gasteiger partial charge in [-0.2, -0.15) is 0 Å². The van der Waals surface area contributed by atoms with Gasteiger partial charge in [0.1, 0.15) is 0 Å². The number of anilines is 3. The van der Waals surface area contributed by atoms with Gasteiger partial charge in [0.2, 0.25) is 0 Å². The van der Waals surface area contributed by atoms with Gasteiger partial charge in [0, 0.05) is 48.8 Å². The molecule has 2 nitrogen and oxygen atoms in total. The van der Waals surface area contributed by atoms with Crippen molar-refractivity contribution in [3.05, 3.63) is 190 Å². The van der Waals surface area contributed by atoms with Gasteiger partial charge in [0.15, 0.2) is 0 Å². The molecule has 3 aliphatic carbocycles. The van der Waals surface area contributed by atoms with Gasteiger partial charge < -0.3 is 9.47 Å². The molecule has 0 amide bonds. The van der Waals surface area contributed by atoms with E-state index in [0.29, 0.717) is 0 Å². The summed E-state index contributed by atoms with van der Waals surface area (Å²) >= 11 is 1.94. The lowest BCUT2D eigenvalue weighted by molar-refractivity contribution is 0.660. The Balaban J connectivity index is 0.982. The minimum absolute atomic E-state index is 0.169. The van der Waals surface area contributed by atoms with E-state index >= 15 is 0 Å². The van der Waals surface area contributed by atoms with Gasteiger partial charge in [0.05, 0.1) is 5.52 Å². The van der Waals surface area contributed by atoms with E-state index < -0.39 is 0 Å². The molecule has 3 heteroatoms. The predicted octanol–water partition coefficient (Wildman–Crippen LogP) is 14.0. The lowest BCUT2D eigenvalue weighted by atomic mass is 9.82. The first kappa shape index (κ1) is 31.6. The minimum Gasteiger partial charge on any atom is -0.310 e. The number of fused-ring (bicyclic) bond motifs is 9. The van der Waals surface area contributed by atoms with Crippen LogP contribution in [-0.2, 0) is 18.3 Å². The quantitative estimate of drug-likeness (QED) is 0.172. The zero-order valence-corrected chi connectivity index (χ0v) is 31.5. The van der Waals surface area contributed by atoms with Crippen LogP contribution >= 0.6 is 11.3 Å². The largest absolute Gasteiger partial charge is 0.310 e. The molecule has 0 bridgehead atoms. The second kappa shape index (κ2) is 12.1. The van der Waals surface area contributed by atoms with E-state index in [4.69, 9.17) is 0 Å². The first-order valence-corrected chi connectivity index (χ1v) is 20.1. The van der Waals surface area contributed by atoms with Gasteiger partial charge in [-0.3, -0.25) is 0 Å². The van der Waals surface area contributed by atoms with Crippen LogP contribution in [0.4, 0.5) is 17.1 Å². The Kier molecular flexibility index (Phi) is 7.06. The zero-order chi connectivity index (χ0) is 36.0. The summed E-state index contributed by atoms with van der Waals surface area (Å²) in [6, 6.07) is 52.1. The fourth-order valence-corrected chi connectivity index (χ4v) is 10.9. The second-order valence-corrected chi connectivity index (χ2v) is 16.6. The Hall–Kier alpha value is -5.90. The molecule has 11 rings (SSSR count). The maximum atomic E-state index is 2.48. The van der Waals surface area contributed by atoms with Crippen molar-refractivity contribution in [2.75, 3.05) is 4.90 Å². The smallest absolute Gasteiger partial charge is 0.0537 e. The Morgan fingerprint density at radius 2 is 1.30 bits per heavy atom. The highest BCUT2D eigenvalue weighted by Crippen LogP contribution is 2.52. The van der Waals surface area contributed by atoms with Gasteiger partial charge in [-0.1, -0.05) is 105 Å². The van der Waals surface area contributed by atoms with Gasteiger partial charge in [0.25, 0.3) is 0 Å². The average molecular weight is 713 g/mol. The molecule has 2 aromatic heterocycles. The summed E-state index contributed by atoms with van der Waals surface area (Å²) in [6.45, 7) is 4.80. The molecule has 54 heavy (non-hydrogen) atoms. The molecule has 0 radical (unpaired) electrons. The number of rotatable bonds is 5. The maximum absolute atomic E-state index is 2.48. The highest BCUT2D eigenvalue weighted by molar-refractivity contribution is 7.20. The molecular weight excluding hydrogens is 673 g/mol. The third-order valence-electron chi connectivity index (χ3n) is 12.2. The number of allylic oxidation sites excluding steroid dienone is 2. The van der Waals surface area contributed by atoms with E-state index in [-0.39, 0.29) is 5.41 Å². The molecule has 0 N–H and O–H groups in total. The summed E-state index contributed by atoms with van der Waals surface area (Å²) in [6.07, 6.45) is 11.5. The molecule has 260 valence electrons. The Labute approximate surface area is 321 Å². The summed E-state index contributed by atoms with van der Waals surface area (Å²) in [5.74, 6) is 0. The van der Waals surface area contributed by atoms with E-state index in [1.807, 2.05) is 11.3 Å². The van der Waals surface area contributed by atoms with E-state index in [2.05, 4.69) is 181 Å². The molecule has 0 saturated carbocycles. The highest BCUT2D eigenvalue weighted by atomic mass is 32.1. The number of aryl methyl sites for hydroxylation is 2. The van der Waals surface area contributed by atoms with Crippen LogP contribution in [0, 0.1) is 0 Å². The van der Waals surface area contributed by atoms with Crippen LogP contribution in [0.1, 0.15) is 65.1 Å². The van der Waals surface area contributed by atoms with E-state index in [1.165, 1.54) is 87.5 Å². The summed E-state index contributed by atoms with van der Waals surface area (Å²) in [5, 5.41) is 2.79. The molecule has 3 aliphatic rings. The van der Waals surface area contributed by atoms with Gasteiger partial charge in [-0.05, 0) is 142 Å². The minimum atomic E-state index is -0.169. The molecule has 0 unspecified atom stereocenters. The first-order valence-electron chi connectivity index (χ1n) is 19.3. The molecular formula is C51H40N2S. The third kappa shape index (κ3) is 4.71. The van der Waals surface area contributed by atoms with Crippen molar-refractivity contribution in [2.24, 2.45) is 0 Å². The maximum Gasteiger partial charge on any atom is 0.0537 e. The number of aromatic nitrogens is 1. The fourth-order valence-electron chi connectivity index (χ4n) is 9.54. The number of nitrogens with zero attached hydrogens (tertiary/aromatic N) is 2. The summed E-state index contributed by atoms with van der Waals surface area (Å²) < 4.78 is 3.87. The Bertz CT molecular complexity index is 2840. The molecule has 0 aliphatic heterocycles. The number of thiophene rings is 1. The number of hydrogen-bond donors (Lipinski definition) is 0. The first-order chi connectivity index (χ1) is 26.5. The number of hydrogen-bond acceptors (Lipinski definition) is 2. The lowest BCUT2D eigenvalue weighted by Gasteiger charge is -2.28. The standard InChI is InChI=1S/C51H40N2S/c1-51(2)45-31-36(27-29-39(45)40-30-28-37(32-46(40)51)53-47-20-9-6-15-41(47)42-16-7-10-21-48(42)53)52(34-13-4-3-5-14-34)35-25-23-33(24-26-35)38-18-12-19-44-43-17-8-11-22-49(43)54-50(38)44/h3-6,8-11,13-15,17-18,20-32H,7,12,16,19H2,1-2H3. The normalized spacial score (nSPS) is 15.1. The molecule has 2 heterocycles. The monoisotopic (exact) mass is 712 g/mol. The van der Waals surface area contributed by atoms with Crippen LogP contribution in [0.5, 0.6) is 0 Å². The van der Waals surface area contributed by atoms with E-state index in [0.717, 1.165) is 37.1 Å². The van der Waals surface area contributed by atoms with Crippen LogP contribution in [0.15, 0.2) is 152 Å². The van der Waals surface area contributed by atoms with Crippen LogP contribution in [0.25, 0.3) is 49.5 Å². The van der Waals surface area contributed by atoms with Crippen molar-refractivity contribution in [1.29, 1.82) is 0 Å². The molecule has 0 spiro atoms. The molecule has 0 fully saturated rings. The fraction of sp³-hybridized carbons (Fsp3) is 0.137. The molecule has 0 atom stereocenters. The molecule has 0 saturated heterocycles. The predicted molar refractivity (Wildman–Crippen MR) is 230 cm³/mol. The van der Waals surface area contributed by atoms with Crippen molar-refractivity contribution in [2.45, 2.75) is 44.9 Å². The van der Waals surface area contributed by atoms with Crippen LogP contribution in [0.2, 0.25) is 0 Å². The third-order valence-corrected chi connectivity index (χ3v) is 13.4. The number of para-hydroxylation sites is 2. The summed E-state index contributed by atoms with van der Waals surface area (Å²) in [4.78, 5) is 3.85. The van der Waals surface area contributed by atoms with E-state index in [9.17, 15) is 0 Å². The van der Waals surface area contributed by atoms with Crippen LogP contribution in [-0.4, -0.2) is 4.57 Å². The van der Waals surface area contributed by atoms with Gasteiger partial charge in [-0.25, -0.2) is 0 Å². The Morgan fingerprint density at radius 3 is 2.15 bits per heavy atom. The molecule has 6 aromatic carbocycles. The van der Waals surface area contributed by atoms with Crippen molar-refractivity contribution in [1.82, 2.24) is 4.57 Å². The van der Waals surface area contributed by atoms with E-state index in [1.54, 1.807) is 0 Å². The van der Waals surface area contributed by atoms with Gasteiger partial charge >= 0.3 is 0 Å². The molecule has 8 aromatic rings. The SMILES string of the molecule is CC1(C)c2cc(N(c3ccccc3)c3ccc(C4=CCCc5c4sc4ccccc54)cc3)ccc2-c2ccc(-n3c4c(c5ccccc53)CCC=C4)cc21. The topological polar surface area (TPSA) is 8.17 Å². The van der Waals surface area contributed by atoms with Gasteiger partial charge in [-0.15, -0.1) is 11.3 Å². The zero-order valence-electron chi connectivity index (χ0n) is 30.6. The lowest BCUT2D eigenvalue weighted by Crippen LogP contribution is -2.17. The van der Waals surface area contributed by atoms with Crippen molar-refractivity contribution >= 4 is 61.0 Å². The van der Waals surface area contributed by atoms with Crippen molar-refractivity contribution in [3.8, 4) is 16.8 Å². The van der Waals surface area contributed by atoms with Crippen molar-refractivity contribution in [3.63, 3.8) is 0 Å². The summed E-state index contributed by atoms with van der Waals surface area (Å²) in [7, 11) is 0.